The average Bonchev–Trinajstić information content (AvgIpc) is 3.24. The minimum atomic E-state index is -0.585. The highest BCUT2D eigenvalue weighted by Crippen LogP contribution is 2.35. The fraction of sp³-hybridized carbons (Fsp3) is 0.348. The van der Waals surface area contributed by atoms with Gasteiger partial charge in [-0.2, -0.15) is 5.10 Å². The first kappa shape index (κ1) is 20.3. The predicted octanol–water partition coefficient (Wildman–Crippen LogP) is 4.75. The number of hydrogen-bond donors (Lipinski definition) is 1. The predicted molar refractivity (Wildman–Crippen MR) is 111 cm³/mol. The second-order valence-corrected chi connectivity index (χ2v) is 7.57. The van der Waals surface area contributed by atoms with Crippen LogP contribution in [0, 0.1) is 11.6 Å². The van der Waals surface area contributed by atoms with Crippen LogP contribution in [0.15, 0.2) is 42.6 Å². The van der Waals surface area contributed by atoms with Crippen molar-refractivity contribution >= 4 is 0 Å². The van der Waals surface area contributed by atoms with Gasteiger partial charge in [-0.1, -0.05) is 6.07 Å². The van der Waals surface area contributed by atoms with E-state index in [1.807, 2.05) is 18.2 Å². The van der Waals surface area contributed by atoms with Crippen molar-refractivity contribution < 1.29 is 18.3 Å². The number of rotatable bonds is 6. The van der Waals surface area contributed by atoms with E-state index in [4.69, 9.17) is 9.47 Å². The molecular formula is C23H25F2N3O2. The maximum absolute atomic E-state index is 14.4. The maximum Gasteiger partial charge on any atom is 0.134 e. The number of aromatic nitrogens is 2. The fourth-order valence-corrected chi connectivity index (χ4v) is 4.19. The Hall–Kier alpha value is -2.93. The molecule has 1 N–H and O–H groups in total. The first-order chi connectivity index (χ1) is 14.6. The van der Waals surface area contributed by atoms with Crippen molar-refractivity contribution in [2.75, 3.05) is 27.3 Å². The van der Waals surface area contributed by atoms with Crippen molar-refractivity contribution in [2.24, 2.45) is 0 Å². The van der Waals surface area contributed by atoms with Crippen LogP contribution < -0.4 is 9.47 Å². The molecule has 1 aliphatic rings. The normalized spacial score (nSPS) is 17.1. The van der Waals surface area contributed by atoms with Crippen molar-refractivity contribution in [3.05, 3.63) is 65.5 Å². The fourth-order valence-electron chi connectivity index (χ4n) is 4.19. The number of benzene rings is 2. The molecule has 2 aromatic carbocycles. The highest BCUT2D eigenvalue weighted by Gasteiger charge is 2.26. The van der Waals surface area contributed by atoms with Gasteiger partial charge in [-0.05, 0) is 37.6 Å². The lowest BCUT2D eigenvalue weighted by atomic mass is 9.90. The number of nitrogens with one attached hydrogen (secondary N) is 1. The molecule has 7 heteroatoms. The summed E-state index contributed by atoms with van der Waals surface area (Å²) < 4.78 is 38.5. The van der Waals surface area contributed by atoms with Crippen LogP contribution in [-0.4, -0.2) is 42.4 Å². The highest BCUT2D eigenvalue weighted by molar-refractivity contribution is 5.66. The second kappa shape index (κ2) is 8.83. The van der Waals surface area contributed by atoms with Crippen LogP contribution in [0.3, 0.4) is 0 Å². The number of nitrogens with zero attached hydrogens (tertiary/aromatic N) is 2. The van der Waals surface area contributed by atoms with Gasteiger partial charge in [-0.3, -0.25) is 10.00 Å². The minimum Gasteiger partial charge on any atom is -0.497 e. The van der Waals surface area contributed by atoms with Gasteiger partial charge in [0.15, 0.2) is 0 Å². The van der Waals surface area contributed by atoms with Crippen LogP contribution in [0.4, 0.5) is 8.78 Å². The highest BCUT2D eigenvalue weighted by atomic mass is 19.1. The summed E-state index contributed by atoms with van der Waals surface area (Å²) in [5.74, 6) is 0.583. The maximum atomic E-state index is 14.4. The zero-order valence-corrected chi connectivity index (χ0v) is 17.1. The topological polar surface area (TPSA) is 50.4 Å². The molecule has 0 aliphatic carbocycles. The lowest BCUT2D eigenvalue weighted by Gasteiger charge is -2.33. The van der Waals surface area contributed by atoms with Crippen LogP contribution in [0.5, 0.6) is 11.5 Å². The molecule has 30 heavy (non-hydrogen) atoms. The van der Waals surface area contributed by atoms with Crippen molar-refractivity contribution in [2.45, 2.75) is 25.3 Å². The monoisotopic (exact) mass is 413 g/mol. The van der Waals surface area contributed by atoms with E-state index in [-0.39, 0.29) is 5.92 Å². The summed E-state index contributed by atoms with van der Waals surface area (Å²) in [5.41, 5.74) is 3.05. The Bertz CT molecular complexity index is 1020. The molecule has 1 saturated heterocycles. The quantitative estimate of drug-likeness (QED) is 0.634. The van der Waals surface area contributed by atoms with Crippen molar-refractivity contribution in [3.63, 3.8) is 0 Å². The number of ether oxygens (including phenoxy) is 2. The van der Waals surface area contributed by atoms with Gasteiger partial charge in [0, 0.05) is 53.5 Å². The van der Waals surface area contributed by atoms with Gasteiger partial charge in [0.1, 0.15) is 23.1 Å². The van der Waals surface area contributed by atoms with Crippen molar-refractivity contribution in [3.8, 4) is 22.6 Å². The van der Waals surface area contributed by atoms with E-state index < -0.39 is 11.6 Å². The van der Waals surface area contributed by atoms with Crippen LogP contribution in [0.2, 0.25) is 0 Å². The number of H-pyrrole nitrogens is 1. The van der Waals surface area contributed by atoms with E-state index >= 15 is 0 Å². The molecule has 158 valence electrons. The number of likely N-dealkylation sites (tertiary alicyclic amines) is 1. The molecule has 1 fully saturated rings. The van der Waals surface area contributed by atoms with Crippen LogP contribution in [0.25, 0.3) is 11.1 Å². The van der Waals surface area contributed by atoms with E-state index in [1.54, 1.807) is 20.4 Å². The Kier molecular flexibility index (Phi) is 5.99. The van der Waals surface area contributed by atoms with Gasteiger partial charge in [0.25, 0.3) is 0 Å². The summed E-state index contributed by atoms with van der Waals surface area (Å²) in [5, 5.41) is 7.21. The van der Waals surface area contributed by atoms with E-state index in [2.05, 4.69) is 15.1 Å². The third-order valence-electron chi connectivity index (χ3n) is 5.69. The third-order valence-corrected chi connectivity index (χ3v) is 5.69. The lowest BCUT2D eigenvalue weighted by molar-refractivity contribution is 0.196. The molecule has 1 aliphatic heterocycles. The molecule has 0 spiro atoms. The zero-order chi connectivity index (χ0) is 21.1. The van der Waals surface area contributed by atoms with Gasteiger partial charge in [0.05, 0.1) is 20.4 Å². The Labute approximate surface area is 174 Å². The van der Waals surface area contributed by atoms with E-state index in [0.29, 0.717) is 11.1 Å². The first-order valence-electron chi connectivity index (χ1n) is 10.0. The van der Waals surface area contributed by atoms with Gasteiger partial charge in [-0.15, -0.1) is 0 Å². The molecule has 0 bridgehead atoms. The van der Waals surface area contributed by atoms with Gasteiger partial charge in [0.2, 0.25) is 0 Å². The number of halogens is 2. The standard InChI is InChI=1S/C23H25F2N3O2/c1-29-18-7-5-15(22(11-18)30-2)13-28-9-3-4-16(14-28)23-20(12-26-27-23)19-8-6-17(24)10-21(19)25/h5-8,10-12,16H,3-4,9,13-14H2,1-2H3,(H,26,27)/t16-/m0/s1. The first-order valence-corrected chi connectivity index (χ1v) is 10.0. The minimum absolute atomic E-state index is 0.185. The van der Waals surface area contributed by atoms with Crippen LogP contribution in [-0.2, 0) is 6.54 Å². The number of hydrogen-bond acceptors (Lipinski definition) is 4. The molecule has 4 rings (SSSR count). The Morgan fingerprint density at radius 2 is 1.97 bits per heavy atom. The SMILES string of the molecule is COc1ccc(CN2CCC[C@H](c3[nH]ncc3-c3ccc(F)cc3F)C2)c(OC)c1. The summed E-state index contributed by atoms with van der Waals surface area (Å²) in [6.07, 6.45) is 3.62. The smallest absolute Gasteiger partial charge is 0.134 e. The average molecular weight is 413 g/mol. The Morgan fingerprint density at radius 3 is 2.73 bits per heavy atom. The molecule has 3 aromatic rings. The lowest BCUT2D eigenvalue weighted by Crippen LogP contribution is -2.34. The van der Waals surface area contributed by atoms with E-state index in [1.165, 1.54) is 12.1 Å². The van der Waals surface area contributed by atoms with Gasteiger partial charge in [-0.25, -0.2) is 8.78 Å². The number of aromatic amines is 1. The Morgan fingerprint density at radius 1 is 1.10 bits per heavy atom. The summed E-state index contributed by atoms with van der Waals surface area (Å²) in [7, 11) is 3.29. The zero-order valence-electron chi connectivity index (χ0n) is 17.1. The van der Waals surface area contributed by atoms with Gasteiger partial charge >= 0.3 is 0 Å². The number of piperidine rings is 1. The number of methoxy groups -OCH3 is 2. The molecule has 2 heterocycles. The van der Waals surface area contributed by atoms with E-state index in [9.17, 15) is 8.78 Å². The molecule has 0 radical (unpaired) electrons. The molecule has 5 nitrogen and oxygen atoms in total. The summed E-state index contributed by atoms with van der Waals surface area (Å²) in [6, 6.07) is 9.51. The molecule has 1 atom stereocenters. The van der Waals surface area contributed by atoms with Gasteiger partial charge < -0.3 is 9.47 Å². The van der Waals surface area contributed by atoms with E-state index in [0.717, 1.165) is 61.3 Å². The summed E-state index contributed by atoms with van der Waals surface area (Å²) in [4.78, 5) is 2.37. The van der Waals surface area contributed by atoms with Crippen molar-refractivity contribution in [1.29, 1.82) is 0 Å². The third kappa shape index (κ3) is 4.16. The largest absolute Gasteiger partial charge is 0.497 e. The van der Waals surface area contributed by atoms with Crippen LogP contribution >= 0.6 is 0 Å². The van der Waals surface area contributed by atoms with Crippen molar-refractivity contribution in [1.82, 2.24) is 15.1 Å². The van der Waals surface area contributed by atoms with Crippen LogP contribution in [0.1, 0.15) is 30.0 Å². The Balaban J connectivity index is 1.54. The summed E-state index contributed by atoms with van der Waals surface area (Å²) >= 11 is 0. The molecule has 0 unspecified atom stereocenters. The molecular weight excluding hydrogens is 388 g/mol. The molecule has 1 aromatic heterocycles. The molecule has 0 amide bonds. The molecule has 0 saturated carbocycles. The second-order valence-electron chi connectivity index (χ2n) is 7.57. The summed E-state index contributed by atoms with van der Waals surface area (Å²) in [6.45, 7) is 2.53.